The standard InChI is InChI=1S/C32H22N4O2/c37-31-23-13-5-7-15-25(23)33-29-27(21-11-3-1-9-19(21)17-35(29)31)28-22-12-4-2-10-20(22)18-36-30(28)34-26-16-8-6-14-24(26)32(36)38/h1-16,27-28H,17-18H2. The lowest BCUT2D eigenvalue weighted by Gasteiger charge is -2.38. The molecule has 0 radical (unpaired) electrons. The minimum absolute atomic E-state index is 0.0435. The van der Waals surface area contributed by atoms with Gasteiger partial charge >= 0.3 is 0 Å². The summed E-state index contributed by atoms with van der Waals surface area (Å²) in [4.78, 5) is 37.8. The Bertz CT molecular complexity index is 1910. The highest BCUT2D eigenvalue weighted by molar-refractivity contribution is 5.79. The summed E-state index contributed by atoms with van der Waals surface area (Å²) in [6, 6.07) is 31.6. The van der Waals surface area contributed by atoms with Crippen LogP contribution >= 0.6 is 0 Å². The molecule has 182 valence electrons. The smallest absolute Gasteiger partial charge is 0.261 e. The Labute approximate surface area is 217 Å². The minimum atomic E-state index is -0.294. The molecule has 6 aromatic rings. The molecule has 6 heteroatoms. The number of fused-ring (bicyclic) bond motifs is 6. The van der Waals surface area contributed by atoms with Crippen molar-refractivity contribution >= 4 is 21.8 Å². The van der Waals surface area contributed by atoms with Crippen molar-refractivity contribution in [1.29, 1.82) is 0 Å². The predicted octanol–water partition coefficient (Wildman–Crippen LogP) is 4.79. The predicted molar refractivity (Wildman–Crippen MR) is 147 cm³/mol. The van der Waals surface area contributed by atoms with Gasteiger partial charge in [-0.1, -0.05) is 72.8 Å². The van der Waals surface area contributed by atoms with Crippen LogP contribution in [0.3, 0.4) is 0 Å². The number of nitrogens with zero attached hydrogens (tertiary/aromatic N) is 4. The van der Waals surface area contributed by atoms with Gasteiger partial charge in [-0.25, -0.2) is 9.97 Å². The zero-order valence-electron chi connectivity index (χ0n) is 20.4. The Kier molecular flexibility index (Phi) is 4.38. The van der Waals surface area contributed by atoms with E-state index < -0.39 is 0 Å². The van der Waals surface area contributed by atoms with E-state index in [1.54, 1.807) is 0 Å². The van der Waals surface area contributed by atoms with Crippen LogP contribution in [0.15, 0.2) is 107 Å². The SMILES string of the molecule is O=c1c2ccccc2nc2n1Cc1ccccc1C2C1c2ccccc2Cn2c1nc1ccccc1c2=O. The van der Waals surface area contributed by atoms with Crippen LogP contribution in [0.2, 0.25) is 0 Å². The Morgan fingerprint density at radius 2 is 0.921 bits per heavy atom. The molecule has 0 fully saturated rings. The topological polar surface area (TPSA) is 69.8 Å². The lowest BCUT2D eigenvalue weighted by Crippen LogP contribution is -2.38. The van der Waals surface area contributed by atoms with E-state index in [4.69, 9.17) is 9.97 Å². The number of hydrogen-bond donors (Lipinski definition) is 0. The second-order valence-electron chi connectivity index (χ2n) is 10.1. The van der Waals surface area contributed by atoms with Crippen molar-refractivity contribution in [3.05, 3.63) is 152 Å². The highest BCUT2D eigenvalue weighted by Gasteiger charge is 2.41. The number of rotatable bonds is 1. The molecule has 2 aromatic heterocycles. The number of benzene rings is 4. The van der Waals surface area contributed by atoms with E-state index in [1.165, 1.54) is 0 Å². The van der Waals surface area contributed by atoms with Gasteiger partial charge in [0.25, 0.3) is 11.1 Å². The van der Waals surface area contributed by atoms with Crippen LogP contribution in [-0.4, -0.2) is 19.1 Å². The second kappa shape index (κ2) is 7.83. The van der Waals surface area contributed by atoms with Gasteiger partial charge in [-0.3, -0.25) is 18.7 Å². The van der Waals surface area contributed by atoms with Crippen molar-refractivity contribution in [2.45, 2.75) is 24.9 Å². The molecule has 38 heavy (non-hydrogen) atoms. The summed E-state index contributed by atoms with van der Waals surface area (Å²) >= 11 is 0. The number of para-hydroxylation sites is 2. The third-order valence-corrected chi connectivity index (χ3v) is 8.11. The van der Waals surface area contributed by atoms with Crippen LogP contribution in [0.4, 0.5) is 0 Å². The molecule has 4 aromatic carbocycles. The van der Waals surface area contributed by atoms with Gasteiger partial charge in [-0.15, -0.1) is 0 Å². The van der Waals surface area contributed by atoms with Crippen molar-refractivity contribution < 1.29 is 0 Å². The van der Waals surface area contributed by atoms with Crippen LogP contribution in [0.1, 0.15) is 45.7 Å². The van der Waals surface area contributed by atoms with Crippen LogP contribution in [0.5, 0.6) is 0 Å². The van der Waals surface area contributed by atoms with E-state index in [0.717, 1.165) is 22.3 Å². The van der Waals surface area contributed by atoms with Gasteiger partial charge in [-0.2, -0.15) is 0 Å². The van der Waals surface area contributed by atoms with Crippen molar-refractivity contribution in [2.24, 2.45) is 0 Å². The van der Waals surface area contributed by atoms with E-state index in [1.807, 2.05) is 81.9 Å². The zero-order valence-corrected chi connectivity index (χ0v) is 20.4. The van der Waals surface area contributed by atoms with Gasteiger partial charge in [0.2, 0.25) is 0 Å². The molecule has 0 spiro atoms. The Morgan fingerprint density at radius 3 is 1.39 bits per heavy atom. The first-order valence-electron chi connectivity index (χ1n) is 12.8. The molecule has 0 saturated carbocycles. The molecule has 0 N–H and O–H groups in total. The van der Waals surface area contributed by atoms with Gasteiger partial charge in [0.05, 0.1) is 46.7 Å². The van der Waals surface area contributed by atoms with E-state index >= 15 is 0 Å². The summed E-state index contributed by atoms with van der Waals surface area (Å²) in [5, 5.41) is 1.22. The lowest BCUT2D eigenvalue weighted by atomic mass is 9.74. The molecule has 0 saturated heterocycles. The van der Waals surface area contributed by atoms with Crippen LogP contribution in [-0.2, 0) is 13.1 Å². The molecule has 0 bridgehead atoms. The quantitative estimate of drug-likeness (QED) is 0.330. The van der Waals surface area contributed by atoms with E-state index in [2.05, 4.69) is 24.3 Å². The Hall–Kier alpha value is -4.84. The van der Waals surface area contributed by atoms with E-state index in [9.17, 15) is 9.59 Å². The summed E-state index contributed by atoms with van der Waals surface area (Å²) in [7, 11) is 0. The molecule has 2 unspecified atom stereocenters. The molecule has 2 atom stereocenters. The first-order valence-corrected chi connectivity index (χ1v) is 12.8. The normalized spacial score (nSPS) is 17.5. The molecular weight excluding hydrogens is 472 g/mol. The largest absolute Gasteiger partial charge is 0.291 e. The lowest BCUT2D eigenvalue weighted by molar-refractivity contribution is 0.493. The monoisotopic (exact) mass is 494 g/mol. The molecule has 6 nitrogen and oxygen atoms in total. The van der Waals surface area contributed by atoms with Gasteiger partial charge in [0.15, 0.2) is 0 Å². The molecular formula is C32H22N4O2. The summed E-state index contributed by atoms with van der Waals surface area (Å²) < 4.78 is 3.63. The highest BCUT2D eigenvalue weighted by atomic mass is 16.1. The molecule has 0 amide bonds. The third-order valence-electron chi connectivity index (χ3n) is 8.11. The second-order valence-corrected chi connectivity index (χ2v) is 10.1. The van der Waals surface area contributed by atoms with Crippen LogP contribution in [0, 0.1) is 0 Å². The van der Waals surface area contributed by atoms with Crippen molar-refractivity contribution in [1.82, 2.24) is 19.1 Å². The van der Waals surface area contributed by atoms with Gasteiger partial charge in [0.1, 0.15) is 11.6 Å². The minimum Gasteiger partial charge on any atom is -0.291 e. The summed E-state index contributed by atoms with van der Waals surface area (Å²) in [6.07, 6.45) is 0. The average molecular weight is 495 g/mol. The third kappa shape index (κ3) is 2.88. The zero-order chi connectivity index (χ0) is 25.4. The molecule has 8 rings (SSSR count). The molecule has 2 aliphatic rings. The number of aromatic nitrogens is 4. The molecule has 0 aliphatic carbocycles. The van der Waals surface area contributed by atoms with Crippen LogP contribution < -0.4 is 11.1 Å². The van der Waals surface area contributed by atoms with Gasteiger partial charge in [0, 0.05) is 0 Å². The maximum absolute atomic E-state index is 13.8. The molecule has 2 aliphatic heterocycles. The summed E-state index contributed by atoms with van der Waals surface area (Å²) in [5.41, 5.74) is 5.68. The highest BCUT2D eigenvalue weighted by Crippen LogP contribution is 2.47. The van der Waals surface area contributed by atoms with E-state index in [-0.39, 0.29) is 23.0 Å². The average Bonchev–Trinajstić information content (AvgIpc) is 2.96. The van der Waals surface area contributed by atoms with Crippen molar-refractivity contribution in [3.63, 3.8) is 0 Å². The van der Waals surface area contributed by atoms with Crippen LogP contribution in [0.25, 0.3) is 21.8 Å². The van der Waals surface area contributed by atoms with E-state index in [0.29, 0.717) is 46.5 Å². The Balaban J connectivity index is 1.50. The maximum Gasteiger partial charge on any atom is 0.261 e. The number of hydrogen-bond acceptors (Lipinski definition) is 4. The fourth-order valence-electron chi connectivity index (χ4n) is 6.39. The Morgan fingerprint density at radius 1 is 0.526 bits per heavy atom. The first-order chi connectivity index (χ1) is 18.7. The van der Waals surface area contributed by atoms with Gasteiger partial charge in [-0.05, 0) is 46.5 Å². The first kappa shape index (κ1) is 21.3. The maximum atomic E-state index is 13.8. The fraction of sp³-hybridized carbons (Fsp3) is 0.125. The fourth-order valence-corrected chi connectivity index (χ4v) is 6.39. The summed E-state index contributed by atoms with van der Waals surface area (Å²) in [6.45, 7) is 0.927. The van der Waals surface area contributed by atoms with Gasteiger partial charge < -0.3 is 0 Å². The molecule has 4 heterocycles. The summed E-state index contributed by atoms with van der Waals surface area (Å²) in [5.74, 6) is 0.835. The van der Waals surface area contributed by atoms with Crippen molar-refractivity contribution in [2.75, 3.05) is 0 Å². The van der Waals surface area contributed by atoms with Crippen molar-refractivity contribution in [3.8, 4) is 0 Å².